The van der Waals surface area contributed by atoms with Gasteiger partial charge in [0, 0.05) is 30.0 Å². The summed E-state index contributed by atoms with van der Waals surface area (Å²) in [5.41, 5.74) is -0.449. The number of Topliss-reactive ketones (excluding diaryl/α,β-unsaturated/α-hetero) is 1. The van der Waals surface area contributed by atoms with E-state index < -0.39 is 64.5 Å². The topological polar surface area (TPSA) is 108 Å². The molecule has 3 aliphatic carbocycles. The number of phenols is 1. The number of ketones is 2. The van der Waals surface area contributed by atoms with Crippen LogP contribution in [-0.4, -0.2) is 45.5 Å². The Morgan fingerprint density at radius 2 is 1.53 bits per heavy atom. The highest BCUT2D eigenvalue weighted by molar-refractivity contribution is 6.33. The second-order valence-corrected chi connectivity index (χ2v) is 15.4. The maximum Gasteiger partial charge on any atom is 0.433 e. The Bertz CT molecular complexity index is 2590. The van der Waals surface area contributed by atoms with E-state index in [9.17, 15) is 27.9 Å². The van der Waals surface area contributed by atoms with Gasteiger partial charge in [-0.05, 0) is 64.9 Å². The molecule has 1 saturated carbocycles. The molecule has 0 bridgehead atoms. The highest BCUT2D eigenvalue weighted by atomic mass is 35.5. The van der Waals surface area contributed by atoms with E-state index in [-0.39, 0.29) is 40.8 Å². The number of aromatic hydroxyl groups is 1. The van der Waals surface area contributed by atoms with E-state index >= 15 is 9.59 Å². The number of imide groups is 1. The first-order chi connectivity index (χ1) is 27.3. The normalized spacial score (nSPS) is 25.8. The Morgan fingerprint density at radius 3 is 2.25 bits per heavy atom. The zero-order valence-corrected chi connectivity index (χ0v) is 31.0. The van der Waals surface area contributed by atoms with Gasteiger partial charge in [0.1, 0.15) is 11.4 Å². The molecular formula is C45H33ClF3N3O5. The second kappa shape index (κ2) is 13.3. The zero-order chi connectivity index (χ0) is 40.0. The number of fused-ring (bicyclic) bond motifs is 5. The first kappa shape index (κ1) is 36.6. The fourth-order valence-electron chi connectivity index (χ4n) is 9.97. The molecule has 1 aliphatic heterocycles. The summed E-state index contributed by atoms with van der Waals surface area (Å²) in [6.45, 7) is 0. The Hall–Kier alpha value is -6.07. The van der Waals surface area contributed by atoms with Crippen molar-refractivity contribution in [3.05, 3.63) is 154 Å². The predicted octanol–water partition coefficient (Wildman–Crippen LogP) is 8.49. The number of phenolic OH excluding ortho intramolecular Hbond substituents is 1. The van der Waals surface area contributed by atoms with Gasteiger partial charge >= 0.3 is 6.18 Å². The van der Waals surface area contributed by atoms with E-state index in [0.717, 1.165) is 21.5 Å². The molecule has 2 fully saturated rings. The lowest BCUT2D eigenvalue weighted by Crippen LogP contribution is -2.59. The van der Waals surface area contributed by atoms with Gasteiger partial charge in [0.25, 0.3) is 11.8 Å². The van der Waals surface area contributed by atoms with E-state index in [4.69, 9.17) is 11.6 Å². The molecule has 0 unspecified atom stereocenters. The Labute approximate surface area is 329 Å². The number of halogens is 4. The lowest BCUT2D eigenvalue weighted by atomic mass is 9.44. The molecule has 1 N–H and O–H groups in total. The van der Waals surface area contributed by atoms with Crippen molar-refractivity contribution in [1.82, 2.24) is 9.99 Å². The first-order valence-corrected chi connectivity index (χ1v) is 18.9. The van der Waals surface area contributed by atoms with Crippen LogP contribution >= 0.6 is 11.6 Å². The number of benzene rings is 4. The maximum atomic E-state index is 15.4. The summed E-state index contributed by atoms with van der Waals surface area (Å²) in [4.78, 5) is 63.4. The van der Waals surface area contributed by atoms with Gasteiger partial charge in [-0.1, -0.05) is 114 Å². The number of rotatable bonds is 5. The van der Waals surface area contributed by atoms with E-state index in [1.54, 1.807) is 54.6 Å². The average Bonchev–Trinajstić information content (AvgIpc) is 3.47. The van der Waals surface area contributed by atoms with E-state index in [0.29, 0.717) is 33.7 Å². The molecule has 9 rings (SSSR count). The summed E-state index contributed by atoms with van der Waals surface area (Å²) in [7, 11) is 1.26. The first-order valence-electron chi connectivity index (χ1n) is 18.5. The molecule has 4 aromatic carbocycles. The molecule has 0 radical (unpaired) electrons. The summed E-state index contributed by atoms with van der Waals surface area (Å²) in [5, 5.41) is 14.9. The highest BCUT2D eigenvalue weighted by Crippen LogP contribution is 2.65. The summed E-state index contributed by atoms with van der Waals surface area (Å²) in [6.07, 6.45) is -1.50. The second-order valence-electron chi connectivity index (χ2n) is 15.0. The number of allylic oxidation sites excluding steroid dienone is 4. The number of hydrazine groups is 1. The molecule has 12 heteroatoms. The van der Waals surface area contributed by atoms with Crippen LogP contribution in [0.1, 0.15) is 41.1 Å². The Balaban J connectivity index is 1.26. The fourth-order valence-corrected chi connectivity index (χ4v) is 10.2. The van der Waals surface area contributed by atoms with Gasteiger partial charge in [-0.25, -0.2) is 4.98 Å². The van der Waals surface area contributed by atoms with Gasteiger partial charge in [0.05, 0.1) is 22.3 Å². The van der Waals surface area contributed by atoms with Crippen molar-refractivity contribution in [2.75, 3.05) is 12.1 Å². The fraction of sp³-hybridized carbons (Fsp3) is 0.222. The third-order valence-corrected chi connectivity index (χ3v) is 12.6. The smallest absolute Gasteiger partial charge is 0.433 e. The number of amides is 2. The molecular weight excluding hydrogens is 755 g/mol. The van der Waals surface area contributed by atoms with Gasteiger partial charge in [-0.3, -0.25) is 24.2 Å². The van der Waals surface area contributed by atoms with Crippen molar-refractivity contribution in [2.45, 2.75) is 30.4 Å². The minimum atomic E-state index is -4.82. The largest absolute Gasteiger partial charge is 0.508 e. The van der Waals surface area contributed by atoms with Crippen molar-refractivity contribution < 1.29 is 37.5 Å². The molecule has 8 nitrogen and oxygen atoms in total. The van der Waals surface area contributed by atoms with E-state index in [1.165, 1.54) is 13.1 Å². The Morgan fingerprint density at radius 1 is 0.842 bits per heavy atom. The molecule has 57 heavy (non-hydrogen) atoms. The number of nitrogens with zero attached hydrogens (tertiary/aromatic N) is 3. The summed E-state index contributed by atoms with van der Waals surface area (Å²) in [6, 6.07) is 30.4. The van der Waals surface area contributed by atoms with Crippen LogP contribution in [-0.2, 0) is 30.8 Å². The van der Waals surface area contributed by atoms with Crippen LogP contribution in [0.2, 0.25) is 5.02 Å². The van der Waals surface area contributed by atoms with Crippen LogP contribution < -0.4 is 5.01 Å². The number of carbonyl (C=O) groups excluding carboxylic acids is 4. The molecule has 1 saturated heterocycles. The molecule has 4 aliphatic rings. The molecule has 2 heterocycles. The number of pyridine rings is 1. The molecule has 286 valence electrons. The maximum absolute atomic E-state index is 15.4. The quantitative estimate of drug-likeness (QED) is 0.141. The number of alkyl halides is 3. The van der Waals surface area contributed by atoms with Gasteiger partial charge in [-0.2, -0.15) is 18.2 Å². The van der Waals surface area contributed by atoms with Gasteiger partial charge in [0.2, 0.25) is 0 Å². The molecule has 1 aromatic heterocycles. The van der Waals surface area contributed by atoms with Gasteiger partial charge < -0.3 is 5.11 Å². The van der Waals surface area contributed by atoms with Crippen molar-refractivity contribution >= 4 is 57.1 Å². The molecule has 2 amide bonds. The monoisotopic (exact) mass is 787 g/mol. The van der Waals surface area contributed by atoms with Crippen LogP contribution in [0.3, 0.4) is 0 Å². The van der Waals surface area contributed by atoms with Crippen LogP contribution in [0.5, 0.6) is 5.75 Å². The third kappa shape index (κ3) is 5.39. The molecule has 5 aromatic rings. The standard InChI is InChI=1S/C45H33ClF3N3O5/c1-51(41-33(46)19-21-35(50-41)45(47,48)49)52-42(56)29-18-17-28-31(37(29)43(52)57)22-32-40(55)30(24-10-4-2-5-11-24)23-36(54)44(32,26-13-6-3-7-14-26)39(28)38-27-15-9-8-12-25(27)16-20-34(38)53/h2-17,19-21,23,29,31-32,37,39,53H,18,22H2,1H3/t29-,31+,32-,37-,39+,44-/m0/s1. The number of carbonyl (C=O) groups is 4. The lowest BCUT2D eigenvalue weighted by Gasteiger charge is -2.55. The van der Waals surface area contributed by atoms with E-state index in [2.05, 4.69) is 4.98 Å². The average molecular weight is 788 g/mol. The lowest BCUT2D eigenvalue weighted by molar-refractivity contribution is -0.141. The van der Waals surface area contributed by atoms with Crippen LogP contribution in [0, 0.1) is 23.7 Å². The summed E-state index contributed by atoms with van der Waals surface area (Å²) >= 11 is 6.34. The number of hydrogen-bond donors (Lipinski definition) is 1. The van der Waals surface area contributed by atoms with Crippen LogP contribution in [0.4, 0.5) is 19.0 Å². The summed E-state index contributed by atoms with van der Waals surface area (Å²) in [5.74, 6) is -7.38. The molecule has 6 atom stereocenters. The SMILES string of the molecule is CN(c1nc(C(F)(F)F)ccc1Cl)N1C(=O)[C@H]2[C@H](CC=C3[C@H]2C[C@H]2C(=O)C(c4ccccc4)=CC(=O)[C@@]2(c2ccccc2)[C@H]3c2c(O)ccc3ccccc23)C1=O. The number of aromatic nitrogens is 1. The molecule has 0 spiro atoms. The van der Waals surface area contributed by atoms with Crippen molar-refractivity contribution in [1.29, 1.82) is 0 Å². The van der Waals surface area contributed by atoms with Crippen molar-refractivity contribution in [2.24, 2.45) is 23.7 Å². The van der Waals surface area contributed by atoms with Crippen molar-refractivity contribution in [3.63, 3.8) is 0 Å². The highest BCUT2D eigenvalue weighted by Gasteiger charge is 2.66. The number of anilines is 1. The minimum absolute atomic E-state index is 0.00217. The van der Waals surface area contributed by atoms with E-state index in [1.807, 2.05) is 48.5 Å². The number of hydrogen-bond acceptors (Lipinski definition) is 7. The zero-order valence-electron chi connectivity index (χ0n) is 30.3. The predicted molar refractivity (Wildman–Crippen MR) is 207 cm³/mol. The summed E-state index contributed by atoms with van der Waals surface area (Å²) < 4.78 is 41.3. The Kier molecular flexibility index (Phi) is 8.51. The van der Waals surface area contributed by atoms with Gasteiger partial charge in [-0.15, -0.1) is 0 Å². The van der Waals surface area contributed by atoms with Crippen molar-refractivity contribution in [3.8, 4) is 5.75 Å². The van der Waals surface area contributed by atoms with Crippen LogP contribution in [0.15, 0.2) is 127 Å². The minimum Gasteiger partial charge on any atom is -0.508 e. The van der Waals surface area contributed by atoms with Crippen LogP contribution in [0.25, 0.3) is 16.3 Å². The van der Waals surface area contributed by atoms with Gasteiger partial charge in [0.15, 0.2) is 17.4 Å². The third-order valence-electron chi connectivity index (χ3n) is 12.3.